The molecule has 0 radical (unpaired) electrons. The molecule has 0 aliphatic rings. The predicted molar refractivity (Wildman–Crippen MR) is 78.0 cm³/mol. The van der Waals surface area contributed by atoms with Gasteiger partial charge in [-0.3, -0.25) is 0 Å². The Bertz CT molecular complexity index is 658. The van der Waals surface area contributed by atoms with Gasteiger partial charge in [0.2, 0.25) is 0 Å². The van der Waals surface area contributed by atoms with E-state index in [-0.39, 0.29) is 11.1 Å². The molecule has 24 heavy (non-hydrogen) atoms. The van der Waals surface area contributed by atoms with E-state index < -0.39 is 35.8 Å². The fraction of sp³-hybridized carbons (Fsp3) is 0.125. The summed E-state index contributed by atoms with van der Waals surface area (Å²) in [5, 5.41) is 34.6. The molecular formula is C16H14F2O6. The Morgan fingerprint density at radius 3 is 1.33 bits per heavy atom. The molecule has 0 spiro atoms. The number of hydrogen-bond donors (Lipinski definition) is 4. The van der Waals surface area contributed by atoms with E-state index in [0.717, 1.165) is 12.1 Å². The van der Waals surface area contributed by atoms with Crippen molar-refractivity contribution >= 4 is 11.9 Å². The van der Waals surface area contributed by atoms with Crippen molar-refractivity contribution in [2.24, 2.45) is 0 Å². The van der Waals surface area contributed by atoms with Gasteiger partial charge in [0.1, 0.15) is 11.6 Å². The van der Waals surface area contributed by atoms with Crippen LogP contribution in [0.15, 0.2) is 48.5 Å². The third-order valence-corrected chi connectivity index (χ3v) is 2.80. The summed E-state index contributed by atoms with van der Waals surface area (Å²) in [6, 6.07) is 9.71. The largest absolute Gasteiger partial charge is 0.479 e. The fourth-order valence-electron chi connectivity index (χ4n) is 1.64. The van der Waals surface area contributed by atoms with Crippen LogP contribution in [0.1, 0.15) is 23.3 Å². The molecule has 0 aliphatic heterocycles. The van der Waals surface area contributed by atoms with Gasteiger partial charge in [0.15, 0.2) is 12.2 Å². The Morgan fingerprint density at radius 1 is 0.750 bits per heavy atom. The van der Waals surface area contributed by atoms with Crippen LogP contribution in [-0.4, -0.2) is 32.4 Å². The number of hydrogen-bond acceptors (Lipinski definition) is 4. The maximum absolute atomic E-state index is 12.5. The van der Waals surface area contributed by atoms with E-state index >= 15 is 0 Å². The summed E-state index contributed by atoms with van der Waals surface area (Å²) in [6.45, 7) is 0. The monoisotopic (exact) mass is 340 g/mol. The average molecular weight is 340 g/mol. The zero-order chi connectivity index (χ0) is 18.3. The molecular weight excluding hydrogens is 326 g/mol. The van der Waals surface area contributed by atoms with Crippen molar-refractivity contribution in [2.75, 3.05) is 0 Å². The van der Waals surface area contributed by atoms with Gasteiger partial charge in [-0.15, -0.1) is 0 Å². The molecule has 0 aromatic heterocycles. The van der Waals surface area contributed by atoms with Gasteiger partial charge in [-0.1, -0.05) is 24.3 Å². The van der Waals surface area contributed by atoms with Crippen molar-refractivity contribution in [1.82, 2.24) is 0 Å². The SMILES string of the molecule is O=C(O)[C@H](O)c1cccc(F)c1.O=C(O)[C@H](O)c1cccc(F)c1. The van der Waals surface area contributed by atoms with Crippen LogP contribution >= 0.6 is 0 Å². The van der Waals surface area contributed by atoms with E-state index in [9.17, 15) is 18.4 Å². The number of aliphatic hydroxyl groups excluding tert-OH is 2. The number of halogens is 2. The lowest BCUT2D eigenvalue weighted by molar-refractivity contribution is -0.147. The van der Waals surface area contributed by atoms with Gasteiger partial charge in [-0.2, -0.15) is 0 Å². The number of aliphatic carboxylic acids is 2. The zero-order valence-corrected chi connectivity index (χ0v) is 12.1. The maximum Gasteiger partial charge on any atom is 0.337 e. The fourth-order valence-corrected chi connectivity index (χ4v) is 1.64. The van der Waals surface area contributed by atoms with Crippen LogP contribution in [0, 0.1) is 11.6 Å². The Balaban J connectivity index is 0.000000240. The van der Waals surface area contributed by atoms with Crippen LogP contribution in [0.3, 0.4) is 0 Å². The second-order valence-electron chi connectivity index (χ2n) is 4.59. The molecule has 2 aromatic rings. The van der Waals surface area contributed by atoms with E-state index in [1.54, 1.807) is 0 Å². The van der Waals surface area contributed by atoms with Gasteiger partial charge in [-0.25, -0.2) is 18.4 Å². The average Bonchev–Trinajstić information content (AvgIpc) is 2.53. The number of carboxylic acid groups (broad SMARTS) is 2. The summed E-state index contributed by atoms with van der Waals surface area (Å²) < 4.78 is 25.0. The maximum atomic E-state index is 12.5. The number of carboxylic acids is 2. The minimum atomic E-state index is -1.65. The topological polar surface area (TPSA) is 115 Å². The zero-order valence-electron chi connectivity index (χ0n) is 12.1. The summed E-state index contributed by atoms with van der Waals surface area (Å²) in [5.74, 6) is -3.90. The molecule has 0 amide bonds. The molecule has 2 rings (SSSR count). The third-order valence-electron chi connectivity index (χ3n) is 2.80. The van der Waals surface area contributed by atoms with Crippen LogP contribution in [0.25, 0.3) is 0 Å². The Hall–Kier alpha value is -2.84. The first-order valence-electron chi connectivity index (χ1n) is 6.55. The predicted octanol–water partition coefficient (Wildman–Crippen LogP) is 1.89. The molecule has 0 aliphatic carbocycles. The van der Waals surface area contributed by atoms with E-state index in [4.69, 9.17) is 20.4 Å². The van der Waals surface area contributed by atoms with Gasteiger partial charge in [0.25, 0.3) is 0 Å². The van der Waals surface area contributed by atoms with Crippen molar-refractivity contribution in [3.8, 4) is 0 Å². The summed E-state index contributed by atoms with van der Waals surface area (Å²) in [5.41, 5.74) is 0.0880. The van der Waals surface area contributed by atoms with E-state index in [2.05, 4.69) is 0 Å². The normalized spacial score (nSPS) is 12.5. The highest BCUT2D eigenvalue weighted by Gasteiger charge is 2.16. The van der Waals surface area contributed by atoms with Crippen molar-refractivity contribution in [3.05, 3.63) is 71.3 Å². The van der Waals surface area contributed by atoms with Crippen LogP contribution in [0.4, 0.5) is 8.78 Å². The van der Waals surface area contributed by atoms with Crippen LogP contribution < -0.4 is 0 Å². The minimum absolute atomic E-state index is 0.0440. The minimum Gasteiger partial charge on any atom is -0.479 e. The van der Waals surface area contributed by atoms with Gasteiger partial charge in [0, 0.05) is 0 Å². The van der Waals surface area contributed by atoms with Gasteiger partial charge < -0.3 is 20.4 Å². The lowest BCUT2D eigenvalue weighted by Gasteiger charge is -2.04. The van der Waals surface area contributed by atoms with Gasteiger partial charge >= 0.3 is 11.9 Å². The summed E-state index contributed by atoms with van der Waals surface area (Å²) in [7, 11) is 0. The molecule has 0 heterocycles. The Morgan fingerprint density at radius 2 is 1.08 bits per heavy atom. The van der Waals surface area contributed by atoms with Crippen molar-refractivity contribution in [3.63, 3.8) is 0 Å². The Labute approximate surface area is 135 Å². The van der Waals surface area contributed by atoms with E-state index in [0.29, 0.717) is 0 Å². The van der Waals surface area contributed by atoms with Crippen molar-refractivity contribution in [1.29, 1.82) is 0 Å². The summed E-state index contributed by atoms with van der Waals surface area (Å²) in [6.07, 6.45) is -3.30. The molecule has 2 atom stereocenters. The Kier molecular flexibility index (Phi) is 6.97. The molecule has 4 N–H and O–H groups in total. The molecule has 8 heteroatoms. The quantitative estimate of drug-likeness (QED) is 0.676. The second-order valence-corrected chi connectivity index (χ2v) is 4.59. The number of aliphatic hydroxyl groups is 2. The van der Waals surface area contributed by atoms with Crippen molar-refractivity contribution in [2.45, 2.75) is 12.2 Å². The molecule has 0 fully saturated rings. The highest BCUT2D eigenvalue weighted by molar-refractivity contribution is 5.74. The molecule has 0 saturated heterocycles. The highest BCUT2D eigenvalue weighted by Crippen LogP contribution is 2.14. The number of rotatable bonds is 4. The smallest absolute Gasteiger partial charge is 0.337 e. The van der Waals surface area contributed by atoms with Gasteiger partial charge in [0.05, 0.1) is 0 Å². The lowest BCUT2D eigenvalue weighted by Crippen LogP contribution is -2.10. The van der Waals surface area contributed by atoms with Crippen molar-refractivity contribution < 1.29 is 38.8 Å². The third kappa shape index (κ3) is 5.75. The lowest BCUT2D eigenvalue weighted by atomic mass is 10.1. The first kappa shape index (κ1) is 19.2. The molecule has 0 bridgehead atoms. The number of carbonyl (C=O) groups is 2. The second kappa shape index (κ2) is 8.70. The molecule has 0 saturated carbocycles. The molecule has 128 valence electrons. The summed E-state index contributed by atoms with van der Waals surface area (Å²) in [4.78, 5) is 20.5. The highest BCUT2D eigenvalue weighted by atomic mass is 19.1. The van der Waals surface area contributed by atoms with Crippen LogP contribution in [0.2, 0.25) is 0 Å². The molecule has 2 aromatic carbocycles. The summed E-state index contributed by atoms with van der Waals surface area (Å²) >= 11 is 0. The van der Waals surface area contributed by atoms with Crippen LogP contribution in [-0.2, 0) is 9.59 Å². The molecule has 6 nitrogen and oxygen atoms in total. The van der Waals surface area contributed by atoms with Crippen LogP contribution in [0.5, 0.6) is 0 Å². The first-order chi connectivity index (χ1) is 11.2. The first-order valence-corrected chi connectivity index (χ1v) is 6.55. The standard InChI is InChI=1S/2C8H7FO3/c2*9-6-3-1-2-5(4-6)7(10)8(11)12/h2*1-4,7,10H,(H,11,12)/t2*7-/m11/s1. The van der Waals surface area contributed by atoms with E-state index in [1.807, 2.05) is 0 Å². The van der Waals surface area contributed by atoms with E-state index in [1.165, 1.54) is 36.4 Å². The molecule has 0 unspecified atom stereocenters. The number of benzene rings is 2. The van der Waals surface area contributed by atoms with Gasteiger partial charge in [-0.05, 0) is 35.4 Å².